The normalized spacial score (nSPS) is 23.4. The van der Waals surface area contributed by atoms with Crippen LogP contribution in [-0.2, 0) is 11.2 Å². The molecule has 3 atom stereocenters. The van der Waals surface area contributed by atoms with Gasteiger partial charge in [-0.25, -0.2) is 0 Å². The maximum Gasteiger partial charge on any atom is 0.270 e. The molecular weight excluding hydrogens is 374 g/mol. The molecule has 156 valence electrons. The van der Waals surface area contributed by atoms with Crippen LogP contribution in [0.15, 0.2) is 54.6 Å². The van der Waals surface area contributed by atoms with Gasteiger partial charge in [-0.2, -0.15) is 0 Å². The lowest BCUT2D eigenvalue weighted by atomic mass is 10.0. The number of nitrogens with one attached hydrogen (secondary N) is 2. The van der Waals surface area contributed by atoms with Crippen molar-refractivity contribution in [1.29, 1.82) is 0 Å². The van der Waals surface area contributed by atoms with Gasteiger partial charge in [0.2, 0.25) is 0 Å². The lowest BCUT2D eigenvalue weighted by molar-refractivity contribution is 0.000932. The van der Waals surface area contributed by atoms with E-state index in [-0.39, 0.29) is 18.0 Å². The monoisotopic (exact) mass is 403 g/mol. The van der Waals surface area contributed by atoms with E-state index in [1.807, 2.05) is 42.2 Å². The second kappa shape index (κ2) is 8.25. The highest BCUT2D eigenvalue weighted by molar-refractivity contribution is 5.98. The third-order valence-corrected chi connectivity index (χ3v) is 6.56. The Kier molecular flexibility index (Phi) is 5.32. The van der Waals surface area contributed by atoms with E-state index in [4.69, 9.17) is 4.74 Å². The minimum Gasteiger partial charge on any atom is -0.378 e. The largest absolute Gasteiger partial charge is 0.378 e. The van der Waals surface area contributed by atoms with Crippen molar-refractivity contribution < 1.29 is 9.53 Å². The molecule has 1 aliphatic carbocycles. The molecule has 1 amide bonds. The molecule has 1 aliphatic heterocycles. The molecule has 5 rings (SSSR count). The number of nitrogens with zero attached hydrogens (tertiary/aromatic N) is 1. The summed E-state index contributed by atoms with van der Waals surface area (Å²) in [6.07, 6.45) is 3.18. The quantitative estimate of drug-likeness (QED) is 0.675. The zero-order valence-corrected chi connectivity index (χ0v) is 17.4. The SMILES string of the molecule is CCN(C(=O)c1cc2ccccc2[nH]1)C1COC[C@@H](N[C@H]2CCc3ccccc32)C1. The van der Waals surface area contributed by atoms with Crippen LogP contribution >= 0.6 is 0 Å². The standard InChI is InChI=1S/C25H29N3O2/c1-2-28(25(29)24-13-18-8-4-6-10-22(18)27-24)20-14-19(15-30-16-20)26-23-12-11-17-7-3-5-9-21(17)23/h3-10,13,19-20,23,26-27H,2,11-12,14-16H2,1H3/t19-,20?,23-/m0/s1. The summed E-state index contributed by atoms with van der Waals surface area (Å²) in [5, 5.41) is 4.88. The molecule has 0 radical (unpaired) electrons. The fourth-order valence-electron chi connectivity index (χ4n) is 5.07. The van der Waals surface area contributed by atoms with Crippen LogP contribution in [0.25, 0.3) is 10.9 Å². The summed E-state index contributed by atoms with van der Waals surface area (Å²) in [7, 11) is 0. The zero-order valence-electron chi connectivity index (χ0n) is 17.4. The Hall–Kier alpha value is -2.63. The summed E-state index contributed by atoms with van der Waals surface area (Å²) >= 11 is 0. The second-order valence-corrected chi connectivity index (χ2v) is 8.44. The molecule has 1 fully saturated rings. The number of fused-ring (bicyclic) bond motifs is 2. The van der Waals surface area contributed by atoms with E-state index in [2.05, 4.69) is 34.6 Å². The van der Waals surface area contributed by atoms with Crippen LogP contribution in [0.3, 0.4) is 0 Å². The molecule has 1 saturated heterocycles. The highest BCUT2D eigenvalue weighted by Crippen LogP contribution is 2.32. The minimum absolute atomic E-state index is 0.0502. The van der Waals surface area contributed by atoms with E-state index in [0.717, 1.165) is 30.2 Å². The van der Waals surface area contributed by atoms with Gasteiger partial charge in [0.05, 0.1) is 19.3 Å². The average molecular weight is 404 g/mol. The Bertz CT molecular complexity index is 1010. The fraction of sp³-hybridized carbons (Fsp3) is 0.400. The van der Waals surface area contributed by atoms with Crippen LogP contribution in [0.4, 0.5) is 0 Å². The van der Waals surface area contributed by atoms with Crippen molar-refractivity contribution in [2.45, 2.75) is 44.3 Å². The maximum absolute atomic E-state index is 13.3. The Morgan fingerprint density at radius 2 is 2.00 bits per heavy atom. The van der Waals surface area contributed by atoms with Crippen molar-refractivity contribution >= 4 is 16.8 Å². The molecule has 5 nitrogen and oxygen atoms in total. The molecule has 1 unspecified atom stereocenters. The van der Waals surface area contributed by atoms with E-state index in [9.17, 15) is 4.79 Å². The number of likely N-dealkylation sites (N-methyl/N-ethyl adjacent to an activating group) is 1. The Morgan fingerprint density at radius 1 is 1.17 bits per heavy atom. The van der Waals surface area contributed by atoms with Gasteiger partial charge in [-0.15, -0.1) is 0 Å². The molecular formula is C25H29N3O2. The average Bonchev–Trinajstić information content (AvgIpc) is 3.39. The minimum atomic E-state index is 0.0502. The third-order valence-electron chi connectivity index (χ3n) is 6.56. The molecule has 0 saturated carbocycles. The number of rotatable bonds is 5. The number of carbonyl (C=O) groups excluding carboxylic acids is 1. The summed E-state index contributed by atoms with van der Waals surface area (Å²) < 4.78 is 5.95. The van der Waals surface area contributed by atoms with Gasteiger partial charge in [0, 0.05) is 29.5 Å². The maximum atomic E-state index is 13.3. The van der Waals surface area contributed by atoms with Gasteiger partial charge in [-0.3, -0.25) is 4.79 Å². The first kappa shape index (κ1) is 19.3. The highest BCUT2D eigenvalue weighted by Gasteiger charge is 2.33. The molecule has 1 aromatic heterocycles. The number of H-pyrrole nitrogens is 1. The number of ether oxygens (including phenoxy) is 1. The van der Waals surface area contributed by atoms with Crippen molar-refractivity contribution in [2.75, 3.05) is 19.8 Å². The van der Waals surface area contributed by atoms with Crippen LogP contribution in [0, 0.1) is 0 Å². The number of carbonyl (C=O) groups is 1. The van der Waals surface area contributed by atoms with Crippen LogP contribution in [0.1, 0.15) is 47.4 Å². The van der Waals surface area contributed by atoms with Crippen molar-refractivity contribution in [3.63, 3.8) is 0 Å². The van der Waals surface area contributed by atoms with Crippen LogP contribution in [0.5, 0.6) is 0 Å². The van der Waals surface area contributed by atoms with Crippen molar-refractivity contribution in [3.8, 4) is 0 Å². The zero-order chi connectivity index (χ0) is 20.5. The van der Waals surface area contributed by atoms with Crippen molar-refractivity contribution in [3.05, 3.63) is 71.4 Å². The summed E-state index contributed by atoms with van der Waals surface area (Å²) in [4.78, 5) is 18.5. The molecule has 3 aromatic rings. The number of benzene rings is 2. The molecule has 0 bridgehead atoms. The smallest absolute Gasteiger partial charge is 0.270 e. The number of hydrogen-bond acceptors (Lipinski definition) is 3. The van der Waals surface area contributed by atoms with Crippen molar-refractivity contribution in [2.24, 2.45) is 0 Å². The Morgan fingerprint density at radius 3 is 2.87 bits per heavy atom. The number of hydrogen-bond donors (Lipinski definition) is 2. The van der Waals surface area contributed by atoms with Gasteiger partial charge in [0.15, 0.2) is 0 Å². The molecule has 2 N–H and O–H groups in total. The fourth-order valence-corrected chi connectivity index (χ4v) is 5.07. The lowest BCUT2D eigenvalue weighted by Gasteiger charge is -2.38. The Balaban J connectivity index is 1.29. The third kappa shape index (κ3) is 3.64. The number of amides is 1. The molecule has 2 aliphatic rings. The van der Waals surface area contributed by atoms with Crippen LogP contribution in [0.2, 0.25) is 0 Å². The summed E-state index contributed by atoms with van der Waals surface area (Å²) in [6, 6.07) is 19.4. The number of aryl methyl sites for hydroxylation is 1. The van der Waals surface area contributed by atoms with Gasteiger partial charge >= 0.3 is 0 Å². The predicted octanol–water partition coefficient (Wildman–Crippen LogP) is 4.06. The van der Waals surface area contributed by atoms with Gasteiger partial charge < -0.3 is 19.9 Å². The first-order valence-corrected chi connectivity index (χ1v) is 11.0. The predicted molar refractivity (Wildman–Crippen MR) is 119 cm³/mol. The van der Waals surface area contributed by atoms with Crippen LogP contribution in [-0.4, -0.2) is 47.6 Å². The summed E-state index contributed by atoms with van der Waals surface area (Å²) in [5.41, 5.74) is 4.52. The molecule has 5 heteroatoms. The van der Waals surface area contributed by atoms with E-state index in [0.29, 0.717) is 31.5 Å². The van der Waals surface area contributed by atoms with E-state index in [1.54, 1.807) is 0 Å². The number of aromatic nitrogens is 1. The first-order chi connectivity index (χ1) is 14.7. The number of aromatic amines is 1. The molecule has 30 heavy (non-hydrogen) atoms. The van der Waals surface area contributed by atoms with E-state index < -0.39 is 0 Å². The van der Waals surface area contributed by atoms with Gasteiger partial charge in [0.1, 0.15) is 5.69 Å². The summed E-state index contributed by atoms with van der Waals surface area (Å²) in [5.74, 6) is 0.0502. The van der Waals surface area contributed by atoms with Gasteiger partial charge in [-0.1, -0.05) is 42.5 Å². The summed E-state index contributed by atoms with van der Waals surface area (Å²) in [6.45, 7) is 4.01. The van der Waals surface area contributed by atoms with Gasteiger partial charge in [-0.05, 0) is 49.4 Å². The number of para-hydroxylation sites is 1. The first-order valence-electron chi connectivity index (χ1n) is 11.0. The molecule has 0 spiro atoms. The molecule has 2 aromatic carbocycles. The van der Waals surface area contributed by atoms with E-state index >= 15 is 0 Å². The van der Waals surface area contributed by atoms with E-state index in [1.165, 1.54) is 11.1 Å². The van der Waals surface area contributed by atoms with Crippen molar-refractivity contribution in [1.82, 2.24) is 15.2 Å². The lowest BCUT2D eigenvalue weighted by Crippen LogP contribution is -2.51. The highest BCUT2D eigenvalue weighted by atomic mass is 16.5. The van der Waals surface area contributed by atoms with Gasteiger partial charge in [0.25, 0.3) is 5.91 Å². The molecule has 2 heterocycles. The topological polar surface area (TPSA) is 57.4 Å². The Labute approximate surface area is 177 Å². The van der Waals surface area contributed by atoms with Crippen LogP contribution < -0.4 is 5.32 Å². The second-order valence-electron chi connectivity index (χ2n) is 8.44.